The van der Waals surface area contributed by atoms with Crippen LogP contribution in [-0.2, 0) is 23.6 Å². The fourth-order valence-corrected chi connectivity index (χ4v) is 3.03. The van der Waals surface area contributed by atoms with Crippen molar-refractivity contribution in [2.75, 3.05) is 13.1 Å². The van der Waals surface area contributed by atoms with E-state index in [0.717, 1.165) is 19.3 Å². The minimum Gasteiger partial charge on any atom is -0.342 e. The molecule has 1 aliphatic rings. The lowest BCUT2D eigenvalue weighted by atomic mass is 10.1. The number of benzene rings is 1. The smallest absolute Gasteiger partial charge is 0.342 e. The molecule has 0 radical (unpaired) electrons. The van der Waals surface area contributed by atoms with Gasteiger partial charge in [-0.2, -0.15) is 26.3 Å². The molecule has 142 valence electrons. The molecule has 1 aliphatic heterocycles. The van der Waals surface area contributed by atoms with Crippen LogP contribution < -0.4 is 0 Å². The molecule has 4 nitrogen and oxygen atoms in total. The van der Waals surface area contributed by atoms with Crippen molar-refractivity contribution in [3.63, 3.8) is 0 Å². The molecule has 26 heavy (non-hydrogen) atoms. The maximum absolute atomic E-state index is 13.2. The molecule has 0 aliphatic carbocycles. The summed E-state index contributed by atoms with van der Waals surface area (Å²) < 4.78 is 78.1. The molecule has 1 aromatic heterocycles. The van der Waals surface area contributed by atoms with Crippen LogP contribution in [0.25, 0.3) is 11.0 Å². The van der Waals surface area contributed by atoms with Gasteiger partial charge >= 0.3 is 12.4 Å². The number of H-pyrrole nitrogens is 1. The number of carbonyl (C=O) groups excluding carboxylic acids is 1. The number of fused-ring (bicyclic) bond motifs is 1. The number of hydrogen-bond donors (Lipinski definition) is 1. The highest BCUT2D eigenvalue weighted by Crippen LogP contribution is 2.39. The van der Waals surface area contributed by atoms with Gasteiger partial charge in [-0.05, 0) is 31.4 Å². The van der Waals surface area contributed by atoms with E-state index < -0.39 is 34.5 Å². The first-order valence-corrected chi connectivity index (χ1v) is 8.00. The highest BCUT2D eigenvalue weighted by molar-refractivity contribution is 5.83. The zero-order chi connectivity index (χ0) is 19.1. The number of nitrogens with one attached hydrogen (secondary N) is 1. The Kier molecular flexibility index (Phi) is 4.61. The van der Waals surface area contributed by atoms with E-state index in [-0.39, 0.29) is 24.2 Å². The normalized spacial score (nSPS) is 16.3. The average molecular weight is 379 g/mol. The summed E-state index contributed by atoms with van der Waals surface area (Å²) in [7, 11) is 0. The molecule has 2 heterocycles. The lowest BCUT2D eigenvalue weighted by Crippen LogP contribution is -2.36. The standard InChI is InChI=1S/C16H15F6N3O/c17-15(18,19)9-6-10(16(20,21)22)14-11(7-9)23-12(24-14)8-13(26)25-4-2-1-3-5-25/h6-7H,1-5,8H2,(H,23,24). The Morgan fingerprint density at radius 3 is 2.27 bits per heavy atom. The van der Waals surface area contributed by atoms with Crippen LogP contribution in [0.1, 0.15) is 36.2 Å². The highest BCUT2D eigenvalue weighted by atomic mass is 19.4. The summed E-state index contributed by atoms with van der Waals surface area (Å²) in [6.07, 6.45) is -7.51. The summed E-state index contributed by atoms with van der Waals surface area (Å²) in [5.74, 6) is -0.395. The molecule has 0 spiro atoms. The Morgan fingerprint density at radius 2 is 1.69 bits per heavy atom. The number of amides is 1. The third-order valence-electron chi connectivity index (χ3n) is 4.30. The topological polar surface area (TPSA) is 49.0 Å². The van der Waals surface area contributed by atoms with Crippen molar-refractivity contribution in [2.24, 2.45) is 0 Å². The van der Waals surface area contributed by atoms with Gasteiger partial charge in [0, 0.05) is 13.1 Å². The zero-order valence-corrected chi connectivity index (χ0v) is 13.5. The van der Waals surface area contributed by atoms with E-state index in [2.05, 4.69) is 9.97 Å². The molecule has 1 fully saturated rings. The lowest BCUT2D eigenvalue weighted by Gasteiger charge is -2.26. The maximum Gasteiger partial charge on any atom is 0.418 e. The molecule has 1 aromatic carbocycles. The van der Waals surface area contributed by atoms with Gasteiger partial charge in [0.25, 0.3) is 0 Å². The monoisotopic (exact) mass is 379 g/mol. The first kappa shape index (κ1) is 18.5. The zero-order valence-electron chi connectivity index (χ0n) is 13.5. The van der Waals surface area contributed by atoms with Crippen LogP contribution in [0.3, 0.4) is 0 Å². The first-order valence-electron chi connectivity index (χ1n) is 8.00. The van der Waals surface area contributed by atoms with E-state index in [1.54, 1.807) is 4.90 Å². The summed E-state index contributed by atoms with van der Waals surface area (Å²) in [4.78, 5) is 20.0. The first-order chi connectivity index (χ1) is 12.1. The third-order valence-corrected chi connectivity index (χ3v) is 4.30. The number of carbonyl (C=O) groups is 1. The van der Waals surface area contributed by atoms with Gasteiger partial charge in [-0.1, -0.05) is 0 Å². The minimum absolute atomic E-state index is 0.0411. The van der Waals surface area contributed by atoms with E-state index in [0.29, 0.717) is 19.2 Å². The van der Waals surface area contributed by atoms with Crippen LogP contribution in [0.2, 0.25) is 0 Å². The largest absolute Gasteiger partial charge is 0.418 e. The molecule has 10 heteroatoms. The van der Waals surface area contributed by atoms with Crippen LogP contribution in [0.15, 0.2) is 12.1 Å². The van der Waals surface area contributed by atoms with Crippen molar-refractivity contribution in [2.45, 2.75) is 38.0 Å². The molecule has 0 atom stereocenters. The molecule has 0 unspecified atom stereocenters. The van der Waals surface area contributed by atoms with Crippen molar-refractivity contribution >= 4 is 16.9 Å². The Labute approximate surface area is 144 Å². The Morgan fingerprint density at radius 1 is 1.04 bits per heavy atom. The fraction of sp³-hybridized carbons (Fsp3) is 0.500. The van der Waals surface area contributed by atoms with Gasteiger partial charge in [-0.25, -0.2) is 4.98 Å². The number of nitrogens with zero attached hydrogens (tertiary/aromatic N) is 2. The van der Waals surface area contributed by atoms with Crippen molar-refractivity contribution in [3.8, 4) is 0 Å². The number of aromatic nitrogens is 2. The maximum atomic E-state index is 13.2. The van der Waals surface area contributed by atoms with Gasteiger partial charge in [0.15, 0.2) is 0 Å². The van der Waals surface area contributed by atoms with Crippen molar-refractivity contribution in [1.29, 1.82) is 0 Å². The molecule has 3 rings (SSSR count). The Hall–Kier alpha value is -2.26. The minimum atomic E-state index is -5.00. The molecule has 1 N–H and O–H groups in total. The number of rotatable bonds is 2. The van der Waals surface area contributed by atoms with Crippen LogP contribution in [-0.4, -0.2) is 33.9 Å². The van der Waals surface area contributed by atoms with Gasteiger partial charge < -0.3 is 9.88 Å². The second kappa shape index (κ2) is 6.48. The Bertz CT molecular complexity index is 818. The summed E-state index contributed by atoms with van der Waals surface area (Å²) in [6, 6.07) is 0.617. The number of imidazole rings is 1. The predicted molar refractivity (Wildman–Crippen MR) is 80.2 cm³/mol. The van der Waals surface area contributed by atoms with E-state index in [9.17, 15) is 31.1 Å². The number of aromatic amines is 1. The summed E-state index contributed by atoms with van der Waals surface area (Å²) >= 11 is 0. The van der Waals surface area contributed by atoms with Gasteiger partial charge in [0.2, 0.25) is 5.91 Å². The Balaban J connectivity index is 1.97. The van der Waals surface area contributed by atoms with E-state index in [1.807, 2.05) is 0 Å². The van der Waals surface area contributed by atoms with E-state index in [4.69, 9.17) is 0 Å². The van der Waals surface area contributed by atoms with Crippen LogP contribution in [0.4, 0.5) is 26.3 Å². The third kappa shape index (κ3) is 3.78. The van der Waals surface area contributed by atoms with Crippen molar-refractivity contribution in [3.05, 3.63) is 29.1 Å². The molecule has 0 bridgehead atoms. The van der Waals surface area contributed by atoms with Crippen LogP contribution in [0, 0.1) is 0 Å². The van der Waals surface area contributed by atoms with Crippen molar-refractivity contribution < 1.29 is 31.1 Å². The van der Waals surface area contributed by atoms with Crippen molar-refractivity contribution in [1.82, 2.24) is 14.9 Å². The van der Waals surface area contributed by atoms with Gasteiger partial charge in [-0.15, -0.1) is 0 Å². The molecule has 2 aromatic rings. The number of piperidine rings is 1. The molecular formula is C16H15F6N3O. The predicted octanol–water partition coefficient (Wildman–Crippen LogP) is 4.16. The summed E-state index contributed by atoms with van der Waals surface area (Å²) in [6.45, 7) is 1.12. The molecule has 1 amide bonds. The number of alkyl halides is 6. The second-order valence-electron chi connectivity index (χ2n) is 6.22. The van der Waals surface area contributed by atoms with E-state index in [1.165, 1.54) is 0 Å². The van der Waals surface area contributed by atoms with Gasteiger partial charge in [-0.3, -0.25) is 4.79 Å². The van der Waals surface area contributed by atoms with E-state index >= 15 is 0 Å². The quantitative estimate of drug-likeness (QED) is 0.797. The second-order valence-corrected chi connectivity index (χ2v) is 6.22. The number of halogens is 6. The fourth-order valence-electron chi connectivity index (χ4n) is 3.03. The molecule has 1 saturated heterocycles. The highest BCUT2D eigenvalue weighted by Gasteiger charge is 2.39. The van der Waals surface area contributed by atoms with Gasteiger partial charge in [0.05, 0.1) is 23.1 Å². The summed E-state index contributed by atoms with van der Waals surface area (Å²) in [5, 5.41) is 0. The SMILES string of the molecule is O=C(Cc1nc2c(C(F)(F)F)cc(C(F)(F)F)cc2[nH]1)N1CCCCC1. The molecular weight excluding hydrogens is 364 g/mol. The molecule has 0 saturated carbocycles. The van der Waals surface area contributed by atoms with Crippen LogP contribution in [0.5, 0.6) is 0 Å². The number of likely N-dealkylation sites (tertiary alicyclic amines) is 1. The average Bonchev–Trinajstić information content (AvgIpc) is 2.95. The van der Waals surface area contributed by atoms with Crippen LogP contribution >= 0.6 is 0 Å². The number of hydrogen-bond acceptors (Lipinski definition) is 2. The summed E-state index contributed by atoms with van der Waals surface area (Å²) in [5.41, 5.74) is -3.91. The lowest BCUT2D eigenvalue weighted by molar-refractivity contribution is -0.142. The van der Waals surface area contributed by atoms with Gasteiger partial charge in [0.1, 0.15) is 11.3 Å².